The number of carboxylic acids is 1. The van der Waals surface area contributed by atoms with Crippen LogP contribution in [-0.2, 0) is 10.3 Å². The van der Waals surface area contributed by atoms with Gasteiger partial charge in [-0.3, -0.25) is 9.48 Å². The molecule has 7 nitrogen and oxygen atoms in total. The van der Waals surface area contributed by atoms with Gasteiger partial charge in [0.2, 0.25) is 0 Å². The predicted octanol–water partition coefficient (Wildman–Crippen LogP) is 1.36. The predicted molar refractivity (Wildman–Crippen MR) is 79.8 cm³/mol. The van der Waals surface area contributed by atoms with Gasteiger partial charge in [-0.2, -0.15) is 5.10 Å². The number of aryl methyl sites for hydroxylation is 1. The molecule has 116 valence electrons. The van der Waals surface area contributed by atoms with Gasteiger partial charge in [0.25, 0.3) is 5.91 Å². The molecule has 1 amide bonds. The van der Waals surface area contributed by atoms with Gasteiger partial charge >= 0.3 is 5.97 Å². The third-order valence-electron chi connectivity index (χ3n) is 4.08. The van der Waals surface area contributed by atoms with Crippen LogP contribution in [0, 0.1) is 6.92 Å². The van der Waals surface area contributed by atoms with Crippen LogP contribution in [0.3, 0.4) is 0 Å². The first-order valence-electron chi connectivity index (χ1n) is 6.95. The summed E-state index contributed by atoms with van der Waals surface area (Å²) in [5, 5.41) is 15.6. The van der Waals surface area contributed by atoms with E-state index in [4.69, 9.17) is 0 Å². The van der Waals surface area contributed by atoms with Crippen molar-refractivity contribution < 1.29 is 14.7 Å². The van der Waals surface area contributed by atoms with E-state index in [1.165, 1.54) is 16.0 Å². The Morgan fingerprint density at radius 1 is 1.36 bits per heavy atom. The molecule has 0 atom stereocenters. The highest BCUT2D eigenvalue weighted by molar-refractivity contribution is 7.07. The third kappa shape index (κ3) is 2.39. The van der Waals surface area contributed by atoms with E-state index in [0.717, 1.165) is 5.56 Å². The zero-order chi connectivity index (χ0) is 15.7. The van der Waals surface area contributed by atoms with Crippen molar-refractivity contribution in [2.45, 2.75) is 25.3 Å². The van der Waals surface area contributed by atoms with Crippen molar-refractivity contribution in [2.24, 2.45) is 0 Å². The molecule has 0 aromatic carbocycles. The summed E-state index contributed by atoms with van der Waals surface area (Å²) in [4.78, 5) is 29.8. The van der Waals surface area contributed by atoms with E-state index in [1.54, 1.807) is 28.2 Å². The Balaban J connectivity index is 1.79. The average molecular weight is 320 g/mol. The Kier molecular flexibility index (Phi) is 3.69. The van der Waals surface area contributed by atoms with Crippen LogP contribution in [0.5, 0.6) is 0 Å². The Bertz CT molecular complexity index is 687. The van der Waals surface area contributed by atoms with Crippen molar-refractivity contribution in [3.05, 3.63) is 34.5 Å². The van der Waals surface area contributed by atoms with E-state index in [2.05, 4.69) is 10.1 Å². The quantitative estimate of drug-likeness (QED) is 0.922. The van der Waals surface area contributed by atoms with Crippen LogP contribution in [0.15, 0.2) is 23.3 Å². The van der Waals surface area contributed by atoms with Gasteiger partial charge < -0.3 is 10.0 Å². The van der Waals surface area contributed by atoms with Crippen LogP contribution in [0.2, 0.25) is 0 Å². The molecule has 1 aliphatic heterocycles. The van der Waals surface area contributed by atoms with E-state index >= 15 is 0 Å². The van der Waals surface area contributed by atoms with Gasteiger partial charge in [-0.05, 0) is 12.5 Å². The lowest BCUT2D eigenvalue weighted by Crippen LogP contribution is -2.52. The number of carbonyl (C=O) groups excluding carboxylic acids is 1. The zero-order valence-electron chi connectivity index (χ0n) is 12.1. The summed E-state index contributed by atoms with van der Waals surface area (Å²) < 4.78 is 1.52. The minimum absolute atomic E-state index is 0.142. The first-order valence-corrected chi connectivity index (χ1v) is 7.90. The first kappa shape index (κ1) is 14.7. The van der Waals surface area contributed by atoms with Gasteiger partial charge in [0.1, 0.15) is 5.69 Å². The molecule has 0 spiro atoms. The molecule has 3 rings (SSSR count). The van der Waals surface area contributed by atoms with Crippen molar-refractivity contribution in [1.29, 1.82) is 0 Å². The van der Waals surface area contributed by atoms with Crippen LogP contribution in [0.1, 0.15) is 28.9 Å². The molecule has 0 aliphatic carbocycles. The number of hydrogen-bond acceptors (Lipinski definition) is 5. The monoisotopic (exact) mass is 320 g/mol. The Morgan fingerprint density at radius 2 is 2.09 bits per heavy atom. The van der Waals surface area contributed by atoms with Crippen molar-refractivity contribution in [2.75, 3.05) is 13.1 Å². The smallest absolute Gasteiger partial charge is 0.331 e. The average Bonchev–Trinajstić information content (AvgIpc) is 3.18. The Hall–Kier alpha value is -2.22. The summed E-state index contributed by atoms with van der Waals surface area (Å²) in [6.45, 7) is 2.63. The highest BCUT2D eigenvalue weighted by Crippen LogP contribution is 2.31. The number of carbonyl (C=O) groups is 2. The summed E-state index contributed by atoms with van der Waals surface area (Å²) in [6, 6.07) is 0. The van der Waals surface area contributed by atoms with Crippen LogP contribution >= 0.6 is 11.3 Å². The van der Waals surface area contributed by atoms with Gasteiger partial charge in [-0.25, -0.2) is 9.78 Å². The van der Waals surface area contributed by atoms with Gasteiger partial charge in [-0.1, -0.05) is 0 Å². The maximum atomic E-state index is 12.3. The molecule has 0 bridgehead atoms. The van der Waals surface area contributed by atoms with Crippen molar-refractivity contribution in [1.82, 2.24) is 19.7 Å². The minimum Gasteiger partial charge on any atom is -0.479 e. The fraction of sp³-hybridized carbons (Fsp3) is 0.429. The molecule has 1 N–H and O–H groups in total. The molecule has 3 heterocycles. The summed E-state index contributed by atoms with van der Waals surface area (Å²) >= 11 is 1.37. The molecule has 2 aromatic rings. The SMILES string of the molecule is Cc1cnn(C2(C(=O)O)CCN(C(=O)c3cscn3)CC2)c1. The van der Waals surface area contributed by atoms with Gasteiger partial charge in [-0.15, -0.1) is 11.3 Å². The molecule has 22 heavy (non-hydrogen) atoms. The molecule has 8 heteroatoms. The number of likely N-dealkylation sites (tertiary alicyclic amines) is 1. The second kappa shape index (κ2) is 5.53. The molecule has 0 radical (unpaired) electrons. The number of amides is 1. The molecule has 0 saturated carbocycles. The zero-order valence-corrected chi connectivity index (χ0v) is 12.9. The molecule has 1 aliphatic rings. The van der Waals surface area contributed by atoms with Gasteiger partial charge in [0, 0.05) is 37.5 Å². The fourth-order valence-electron chi connectivity index (χ4n) is 2.75. The van der Waals surface area contributed by atoms with Gasteiger partial charge in [0.15, 0.2) is 5.54 Å². The number of thiazole rings is 1. The normalized spacial score (nSPS) is 17.4. The standard InChI is InChI=1S/C14H16N4O3S/c1-10-6-16-18(7-10)14(13(20)21)2-4-17(5-3-14)12(19)11-8-22-9-15-11/h6-9H,2-5H2,1H3,(H,20,21). The maximum absolute atomic E-state index is 12.3. The van der Waals surface area contributed by atoms with E-state index in [0.29, 0.717) is 31.6 Å². The number of aromatic nitrogens is 3. The molecule has 2 aromatic heterocycles. The lowest BCUT2D eigenvalue weighted by molar-refractivity contribution is -0.150. The second-order valence-corrected chi connectivity index (χ2v) is 6.18. The summed E-state index contributed by atoms with van der Waals surface area (Å²) in [7, 11) is 0. The maximum Gasteiger partial charge on any atom is 0.331 e. The van der Waals surface area contributed by atoms with Crippen LogP contribution in [-0.4, -0.2) is 49.7 Å². The van der Waals surface area contributed by atoms with E-state index in [-0.39, 0.29) is 5.91 Å². The topological polar surface area (TPSA) is 88.3 Å². The molecular formula is C14H16N4O3S. The van der Waals surface area contributed by atoms with E-state index in [9.17, 15) is 14.7 Å². The molecule has 1 fully saturated rings. The number of piperidine rings is 1. The summed E-state index contributed by atoms with van der Waals surface area (Å²) in [5.41, 5.74) is 1.88. The lowest BCUT2D eigenvalue weighted by atomic mass is 9.87. The fourth-order valence-corrected chi connectivity index (χ4v) is 3.27. The van der Waals surface area contributed by atoms with Crippen molar-refractivity contribution >= 4 is 23.2 Å². The Morgan fingerprint density at radius 3 is 2.59 bits per heavy atom. The van der Waals surface area contributed by atoms with Crippen LogP contribution < -0.4 is 0 Å². The van der Waals surface area contributed by atoms with Crippen LogP contribution in [0.25, 0.3) is 0 Å². The number of hydrogen-bond donors (Lipinski definition) is 1. The largest absolute Gasteiger partial charge is 0.479 e. The number of aliphatic carboxylic acids is 1. The molecule has 0 unspecified atom stereocenters. The van der Waals surface area contributed by atoms with Crippen molar-refractivity contribution in [3.63, 3.8) is 0 Å². The number of carboxylic acid groups (broad SMARTS) is 1. The van der Waals surface area contributed by atoms with Crippen LogP contribution in [0.4, 0.5) is 0 Å². The second-order valence-electron chi connectivity index (χ2n) is 5.46. The molecular weight excluding hydrogens is 304 g/mol. The highest BCUT2D eigenvalue weighted by Gasteiger charge is 2.45. The van der Waals surface area contributed by atoms with Gasteiger partial charge in [0.05, 0.1) is 11.7 Å². The lowest BCUT2D eigenvalue weighted by Gasteiger charge is -2.38. The third-order valence-corrected chi connectivity index (χ3v) is 4.66. The van der Waals surface area contributed by atoms with E-state index < -0.39 is 11.5 Å². The first-order chi connectivity index (χ1) is 10.5. The highest BCUT2D eigenvalue weighted by atomic mass is 32.1. The summed E-state index contributed by atoms with van der Waals surface area (Å²) in [6.07, 6.45) is 4.06. The molecule has 1 saturated heterocycles. The number of rotatable bonds is 3. The van der Waals surface area contributed by atoms with Crippen molar-refractivity contribution in [3.8, 4) is 0 Å². The minimum atomic E-state index is -1.08. The van der Waals surface area contributed by atoms with E-state index in [1.807, 2.05) is 6.92 Å². The number of nitrogens with zero attached hydrogens (tertiary/aromatic N) is 4. The summed E-state index contributed by atoms with van der Waals surface area (Å²) in [5.74, 6) is -1.05. The Labute approximate surface area is 131 Å².